The topological polar surface area (TPSA) is 76.2 Å². The van der Waals surface area contributed by atoms with Gasteiger partial charge < -0.3 is 14.4 Å². The number of sulfonamides is 1. The van der Waals surface area contributed by atoms with Gasteiger partial charge in [-0.15, -0.1) is 0 Å². The van der Waals surface area contributed by atoms with Crippen molar-refractivity contribution < 1.29 is 22.7 Å². The quantitative estimate of drug-likeness (QED) is 0.707. The van der Waals surface area contributed by atoms with Crippen LogP contribution in [0.25, 0.3) is 0 Å². The van der Waals surface area contributed by atoms with Gasteiger partial charge in [-0.05, 0) is 43.3 Å². The molecule has 0 saturated carbocycles. The van der Waals surface area contributed by atoms with Crippen LogP contribution in [-0.2, 0) is 19.6 Å². The Kier molecular flexibility index (Phi) is 6.53. The standard InChI is InChI=1S/C20H24N2O5S/c1-2-27-18-8-10-19(11-9-18)28(24,25)22(17-6-4-3-5-7-17)16-20(23)21-12-14-26-15-13-21/h3-11H,2,12-16H2,1H3. The average molecular weight is 404 g/mol. The Bertz CT molecular complexity index is 879. The summed E-state index contributed by atoms with van der Waals surface area (Å²) >= 11 is 0. The Labute approximate surface area is 165 Å². The largest absolute Gasteiger partial charge is 0.494 e. The molecular formula is C20H24N2O5S. The number of anilines is 1. The fourth-order valence-electron chi connectivity index (χ4n) is 2.95. The highest BCUT2D eigenvalue weighted by atomic mass is 32.2. The van der Waals surface area contributed by atoms with Gasteiger partial charge in [-0.3, -0.25) is 9.10 Å². The molecule has 0 atom stereocenters. The number of nitrogens with zero attached hydrogens (tertiary/aromatic N) is 2. The fourth-order valence-corrected chi connectivity index (χ4v) is 4.36. The summed E-state index contributed by atoms with van der Waals surface area (Å²) in [6.07, 6.45) is 0. The Morgan fingerprint density at radius 3 is 2.32 bits per heavy atom. The molecular weight excluding hydrogens is 380 g/mol. The Hall–Kier alpha value is -2.58. The highest BCUT2D eigenvalue weighted by Gasteiger charge is 2.29. The third-order valence-electron chi connectivity index (χ3n) is 4.41. The molecule has 1 fully saturated rings. The second-order valence-corrected chi connectivity index (χ2v) is 8.11. The smallest absolute Gasteiger partial charge is 0.264 e. The van der Waals surface area contributed by atoms with Gasteiger partial charge in [-0.25, -0.2) is 8.42 Å². The van der Waals surface area contributed by atoms with Gasteiger partial charge in [0.15, 0.2) is 0 Å². The molecule has 0 N–H and O–H groups in total. The normalized spacial score (nSPS) is 14.5. The summed E-state index contributed by atoms with van der Waals surface area (Å²) in [4.78, 5) is 14.5. The van der Waals surface area contributed by atoms with Crippen molar-refractivity contribution >= 4 is 21.6 Å². The van der Waals surface area contributed by atoms with Crippen molar-refractivity contribution in [3.8, 4) is 5.75 Å². The molecule has 1 aliphatic rings. The lowest BCUT2D eigenvalue weighted by Gasteiger charge is -2.30. The molecule has 0 bridgehead atoms. The maximum absolute atomic E-state index is 13.3. The lowest BCUT2D eigenvalue weighted by molar-refractivity contribution is -0.133. The number of rotatable bonds is 7. The number of ether oxygens (including phenoxy) is 2. The molecule has 1 saturated heterocycles. The number of carbonyl (C=O) groups excluding carboxylic acids is 1. The van der Waals surface area contributed by atoms with Crippen LogP contribution in [0.1, 0.15) is 6.92 Å². The second kappa shape index (κ2) is 9.07. The molecule has 0 spiro atoms. The zero-order valence-electron chi connectivity index (χ0n) is 15.8. The van der Waals surface area contributed by atoms with Crippen molar-refractivity contribution in [3.63, 3.8) is 0 Å². The maximum Gasteiger partial charge on any atom is 0.264 e. The molecule has 3 rings (SSSR count). The van der Waals surface area contributed by atoms with Crippen molar-refractivity contribution in [2.45, 2.75) is 11.8 Å². The predicted octanol–water partition coefficient (Wildman–Crippen LogP) is 2.14. The molecule has 8 heteroatoms. The zero-order valence-corrected chi connectivity index (χ0v) is 16.6. The Morgan fingerprint density at radius 2 is 1.71 bits per heavy atom. The van der Waals surface area contributed by atoms with Crippen LogP contribution in [0, 0.1) is 0 Å². The first kappa shape index (κ1) is 20.2. The van der Waals surface area contributed by atoms with E-state index in [1.54, 1.807) is 47.4 Å². The van der Waals surface area contributed by atoms with Gasteiger partial charge in [-0.1, -0.05) is 18.2 Å². The summed E-state index contributed by atoms with van der Waals surface area (Å²) in [5.74, 6) is 0.346. The first-order valence-electron chi connectivity index (χ1n) is 9.18. The molecule has 7 nitrogen and oxygen atoms in total. The van der Waals surface area contributed by atoms with E-state index in [0.717, 1.165) is 4.31 Å². The molecule has 0 radical (unpaired) electrons. The molecule has 0 aromatic heterocycles. The first-order chi connectivity index (χ1) is 13.5. The van der Waals surface area contributed by atoms with Gasteiger partial charge in [0.25, 0.3) is 10.0 Å². The summed E-state index contributed by atoms with van der Waals surface area (Å²) in [5, 5.41) is 0. The Balaban J connectivity index is 1.90. The van der Waals surface area contributed by atoms with E-state index in [4.69, 9.17) is 9.47 Å². The Morgan fingerprint density at radius 1 is 1.07 bits per heavy atom. The van der Waals surface area contributed by atoms with Crippen LogP contribution >= 0.6 is 0 Å². The van der Waals surface area contributed by atoms with Crippen LogP contribution in [0.2, 0.25) is 0 Å². The third-order valence-corrected chi connectivity index (χ3v) is 6.20. The minimum Gasteiger partial charge on any atom is -0.494 e. The van der Waals surface area contributed by atoms with Gasteiger partial charge in [-0.2, -0.15) is 0 Å². The zero-order chi connectivity index (χ0) is 20.0. The minimum absolute atomic E-state index is 0.106. The minimum atomic E-state index is -3.92. The SMILES string of the molecule is CCOc1ccc(S(=O)(=O)N(CC(=O)N2CCOCC2)c2ccccc2)cc1. The van der Waals surface area contributed by atoms with Crippen LogP contribution in [0.4, 0.5) is 5.69 Å². The van der Waals surface area contributed by atoms with E-state index in [2.05, 4.69) is 0 Å². The van der Waals surface area contributed by atoms with Crippen molar-refractivity contribution in [1.29, 1.82) is 0 Å². The van der Waals surface area contributed by atoms with Crippen molar-refractivity contribution in [1.82, 2.24) is 4.90 Å². The molecule has 1 aliphatic heterocycles. The van der Waals surface area contributed by atoms with Crippen LogP contribution in [0.3, 0.4) is 0 Å². The van der Waals surface area contributed by atoms with Gasteiger partial charge >= 0.3 is 0 Å². The van der Waals surface area contributed by atoms with Gasteiger partial charge in [0.1, 0.15) is 12.3 Å². The van der Waals surface area contributed by atoms with E-state index < -0.39 is 10.0 Å². The fraction of sp³-hybridized carbons (Fsp3) is 0.350. The van der Waals surface area contributed by atoms with Crippen molar-refractivity contribution in [2.24, 2.45) is 0 Å². The lowest BCUT2D eigenvalue weighted by Crippen LogP contribution is -2.47. The van der Waals surface area contributed by atoms with E-state index in [1.807, 2.05) is 6.92 Å². The van der Waals surface area contributed by atoms with E-state index in [9.17, 15) is 13.2 Å². The number of carbonyl (C=O) groups is 1. The van der Waals surface area contributed by atoms with Gasteiger partial charge in [0.05, 0.1) is 30.4 Å². The van der Waals surface area contributed by atoms with Crippen molar-refractivity contribution in [3.05, 3.63) is 54.6 Å². The van der Waals surface area contributed by atoms with Crippen LogP contribution in [0.15, 0.2) is 59.5 Å². The van der Waals surface area contributed by atoms with Crippen LogP contribution in [-0.4, -0.2) is 58.7 Å². The van der Waals surface area contributed by atoms with Gasteiger partial charge in [0, 0.05) is 13.1 Å². The highest BCUT2D eigenvalue weighted by Crippen LogP contribution is 2.25. The van der Waals surface area contributed by atoms with E-state index >= 15 is 0 Å². The summed E-state index contributed by atoms with van der Waals surface area (Å²) in [5.41, 5.74) is 0.443. The molecule has 1 heterocycles. The number of morpholine rings is 1. The highest BCUT2D eigenvalue weighted by molar-refractivity contribution is 7.92. The molecule has 0 aliphatic carbocycles. The number of benzene rings is 2. The summed E-state index contributed by atoms with van der Waals surface area (Å²) in [6.45, 7) is 3.94. The second-order valence-electron chi connectivity index (χ2n) is 6.24. The van der Waals surface area contributed by atoms with Crippen molar-refractivity contribution in [2.75, 3.05) is 43.8 Å². The number of hydrogen-bond acceptors (Lipinski definition) is 5. The van der Waals surface area contributed by atoms with Crippen LogP contribution < -0.4 is 9.04 Å². The summed E-state index contributed by atoms with van der Waals surface area (Å²) in [7, 11) is -3.92. The molecule has 1 amide bonds. The maximum atomic E-state index is 13.3. The monoisotopic (exact) mass is 404 g/mol. The lowest BCUT2D eigenvalue weighted by atomic mass is 10.3. The van der Waals surface area contributed by atoms with Crippen LogP contribution in [0.5, 0.6) is 5.75 Å². The number of para-hydroxylation sites is 1. The number of amides is 1. The summed E-state index contributed by atoms with van der Waals surface area (Å²) < 4.78 is 38.4. The molecule has 2 aromatic carbocycles. The third kappa shape index (κ3) is 4.63. The molecule has 2 aromatic rings. The predicted molar refractivity (Wildman–Crippen MR) is 106 cm³/mol. The van der Waals surface area contributed by atoms with Gasteiger partial charge in [0.2, 0.25) is 5.91 Å². The summed E-state index contributed by atoms with van der Waals surface area (Å²) in [6, 6.07) is 14.9. The first-order valence-corrected chi connectivity index (χ1v) is 10.6. The molecule has 0 unspecified atom stereocenters. The molecule has 28 heavy (non-hydrogen) atoms. The number of hydrogen-bond donors (Lipinski definition) is 0. The van der Waals surface area contributed by atoms with E-state index in [1.165, 1.54) is 12.1 Å². The molecule has 150 valence electrons. The average Bonchev–Trinajstić information content (AvgIpc) is 2.73. The van der Waals surface area contributed by atoms with E-state index in [-0.39, 0.29) is 17.3 Å². The van der Waals surface area contributed by atoms with E-state index in [0.29, 0.717) is 44.3 Å².